The number of nitrogens with one attached hydrogen (secondary N) is 1. The van der Waals surface area contributed by atoms with Gasteiger partial charge in [0.2, 0.25) is 5.91 Å². The summed E-state index contributed by atoms with van der Waals surface area (Å²) in [6, 6.07) is 9.20. The molecule has 3 rings (SSSR count). The van der Waals surface area contributed by atoms with E-state index in [-0.39, 0.29) is 17.4 Å². The second-order valence-corrected chi connectivity index (χ2v) is 9.63. The molecule has 6 nitrogen and oxygen atoms in total. The van der Waals surface area contributed by atoms with Crippen LogP contribution < -0.4 is 5.32 Å². The van der Waals surface area contributed by atoms with Gasteiger partial charge in [0.25, 0.3) is 0 Å². The summed E-state index contributed by atoms with van der Waals surface area (Å²) >= 11 is 14.8. The van der Waals surface area contributed by atoms with Gasteiger partial charge in [0.1, 0.15) is 5.82 Å². The SMILES string of the molecule is CC(=O)NCCCc1nnc(SCC(=O)c2ccc(Cl)s2)n1-c1ccc(C)c(Cl)c1. The Morgan fingerprint density at radius 1 is 1.20 bits per heavy atom. The number of hydrogen-bond donors (Lipinski definition) is 1. The van der Waals surface area contributed by atoms with Gasteiger partial charge in [0.05, 0.1) is 20.7 Å². The number of rotatable bonds is 9. The van der Waals surface area contributed by atoms with Crippen molar-refractivity contribution in [1.29, 1.82) is 0 Å². The van der Waals surface area contributed by atoms with Gasteiger partial charge in [0.15, 0.2) is 10.9 Å². The number of aromatic nitrogens is 3. The van der Waals surface area contributed by atoms with Crippen molar-refractivity contribution < 1.29 is 9.59 Å². The Hall–Kier alpha value is -1.87. The third-order valence-corrected chi connectivity index (χ3v) is 6.85. The molecular weight excluding hydrogens is 463 g/mol. The maximum atomic E-state index is 12.5. The molecule has 0 spiro atoms. The minimum Gasteiger partial charge on any atom is -0.356 e. The first-order valence-electron chi connectivity index (χ1n) is 9.21. The molecule has 0 aliphatic carbocycles. The molecule has 30 heavy (non-hydrogen) atoms. The summed E-state index contributed by atoms with van der Waals surface area (Å²) in [6.07, 6.45) is 1.34. The van der Waals surface area contributed by atoms with Gasteiger partial charge in [-0.05, 0) is 43.2 Å². The average molecular weight is 483 g/mol. The number of benzene rings is 1. The Bertz CT molecular complexity index is 1070. The molecule has 3 aromatic rings. The van der Waals surface area contributed by atoms with Crippen molar-refractivity contribution in [2.24, 2.45) is 0 Å². The first-order valence-corrected chi connectivity index (χ1v) is 11.8. The zero-order valence-electron chi connectivity index (χ0n) is 16.4. The van der Waals surface area contributed by atoms with Crippen LogP contribution in [0.1, 0.15) is 34.4 Å². The number of carbonyl (C=O) groups excluding carboxylic acids is 2. The number of amides is 1. The van der Waals surface area contributed by atoms with Crippen LogP contribution in [-0.4, -0.2) is 38.8 Å². The molecule has 0 aliphatic heterocycles. The number of aryl methyl sites for hydroxylation is 2. The standard InChI is InChI=1S/C20H20Cl2N4O2S2/c1-12-5-6-14(10-15(12)21)26-19(4-3-9-23-13(2)27)24-25-20(26)29-11-16(28)17-7-8-18(22)30-17/h5-8,10H,3-4,9,11H2,1-2H3,(H,23,27). The van der Waals surface area contributed by atoms with Crippen LogP contribution in [0, 0.1) is 6.92 Å². The molecular formula is C20H20Cl2N4O2S2. The molecule has 1 N–H and O–H groups in total. The lowest BCUT2D eigenvalue weighted by molar-refractivity contribution is -0.118. The number of hydrogen-bond acceptors (Lipinski definition) is 6. The van der Waals surface area contributed by atoms with E-state index in [4.69, 9.17) is 23.2 Å². The minimum absolute atomic E-state index is 0.0133. The molecule has 0 saturated carbocycles. The molecule has 2 aromatic heterocycles. The van der Waals surface area contributed by atoms with Crippen molar-refractivity contribution in [2.45, 2.75) is 31.8 Å². The quantitative estimate of drug-likeness (QED) is 0.264. The molecule has 0 bridgehead atoms. The summed E-state index contributed by atoms with van der Waals surface area (Å²) in [5, 5.41) is 12.7. The fourth-order valence-corrected chi connectivity index (χ4v) is 4.81. The maximum absolute atomic E-state index is 12.5. The van der Waals surface area contributed by atoms with E-state index in [1.54, 1.807) is 12.1 Å². The topological polar surface area (TPSA) is 76.9 Å². The zero-order valence-corrected chi connectivity index (χ0v) is 19.6. The molecule has 2 heterocycles. The Morgan fingerprint density at radius 2 is 2.00 bits per heavy atom. The highest BCUT2D eigenvalue weighted by Crippen LogP contribution is 2.28. The van der Waals surface area contributed by atoms with Gasteiger partial charge < -0.3 is 5.32 Å². The van der Waals surface area contributed by atoms with E-state index in [2.05, 4.69) is 15.5 Å². The molecule has 0 saturated heterocycles. The van der Waals surface area contributed by atoms with Gasteiger partial charge in [-0.1, -0.05) is 41.0 Å². The highest BCUT2D eigenvalue weighted by atomic mass is 35.5. The fourth-order valence-electron chi connectivity index (χ4n) is 2.71. The Balaban J connectivity index is 1.81. The number of thiophene rings is 1. The maximum Gasteiger partial charge on any atom is 0.216 e. The summed E-state index contributed by atoms with van der Waals surface area (Å²) < 4.78 is 2.50. The Kier molecular flexibility index (Phi) is 7.93. The van der Waals surface area contributed by atoms with E-state index >= 15 is 0 Å². The van der Waals surface area contributed by atoms with Crippen molar-refractivity contribution in [3.05, 3.63) is 56.0 Å². The van der Waals surface area contributed by atoms with Crippen LogP contribution in [0.3, 0.4) is 0 Å². The van der Waals surface area contributed by atoms with Crippen LogP contribution in [0.25, 0.3) is 5.69 Å². The number of halogens is 2. The van der Waals surface area contributed by atoms with Gasteiger partial charge >= 0.3 is 0 Å². The van der Waals surface area contributed by atoms with Crippen LogP contribution >= 0.6 is 46.3 Å². The number of nitrogens with zero attached hydrogens (tertiary/aromatic N) is 3. The van der Waals surface area contributed by atoms with Gasteiger partial charge in [-0.2, -0.15) is 0 Å². The van der Waals surface area contributed by atoms with Crippen molar-refractivity contribution in [3.8, 4) is 5.69 Å². The summed E-state index contributed by atoms with van der Waals surface area (Å²) in [6.45, 7) is 3.98. The number of Topliss-reactive ketones (excluding diaryl/α,β-unsaturated/α-hetero) is 1. The van der Waals surface area contributed by atoms with Crippen LogP contribution in [-0.2, 0) is 11.2 Å². The van der Waals surface area contributed by atoms with Crippen LogP contribution in [0.15, 0.2) is 35.5 Å². The summed E-state index contributed by atoms with van der Waals surface area (Å²) in [5.41, 5.74) is 1.80. The van der Waals surface area contributed by atoms with Crippen molar-refractivity contribution in [3.63, 3.8) is 0 Å². The number of carbonyl (C=O) groups is 2. The molecule has 0 radical (unpaired) electrons. The lowest BCUT2D eigenvalue weighted by atomic mass is 10.2. The van der Waals surface area contributed by atoms with Gasteiger partial charge in [0, 0.05) is 24.9 Å². The fraction of sp³-hybridized carbons (Fsp3) is 0.300. The molecule has 158 valence electrons. The molecule has 0 atom stereocenters. The minimum atomic E-state index is -0.0646. The highest BCUT2D eigenvalue weighted by molar-refractivity contribution is 7.99. The highest BCUT2D eigenvalue weighted by Gasteiger charge is 2.17. The molecule has 0 fully saturated rings. The first-order chi connectivity index (χ1) is 14.3. The lowest BCUT2D eigenvalue weighted by Crippen LogP contribution is -2.21. The van der Waals surface area contributed by atoms with E-state index in [1.807, 2.05) is 29.7 Å². The zero-order chi connectivity index (χ0) is 21.7. The van der Waals surface area contributed by atoms with Gasteiger partial charge in [-0.15, -0.1) is 21.5 Å². The van der Waals surface area contributed by atoms with Crippen LogP contribution in [0.2, 0.25) is 9.36 Å². The smallest absolute Gasteiger partial charge is 0.216 e. The molecule has 0 aliphatic rings. The summed E-state index contributed by atoms with van der Waals surface area (Å²) in [4.78, 5) is 24.2. The number of thioether (sulfide) groups is 1. The number of ketones is 1. The van der Waals surface area contributed by atoms with Gasteiger partial charge in [-0.3, -0.25) is 14.2 Å². The summed E-state index contributed by atoms with van der Waals surface area (Å²) in [7, 11) is 0. The predicted molar refractivity (Wildman–Crippen MR) is 122 cm³/mol. The third-order valence-electron chi connectivity index (χ3n) is 4.25. The van der Waals surface area contributed by atoms with Gasteiger partial charge in [-0.25, -0.2) is 0 Å². The summed E-state index contributed by atoms with van der Waals surface area (Å²) in [5.74, 6) is 0.890. The average Bonchev–Trinajstić information content (AvgIpc) is 3.31. The lowest BCUT2D eigenvalue weighted by Gasteiger charge is -2.11. The van der Waals surface area contributed by atoms with E-state index in [0.29, 0.717) is 38.8 Å². The molecule has 1 amide bonds. The largest absolute Gasteiger partial charge is 0.356 e. The van der Waals surface area contributed by atoms with E-state index in [1.165, 1.54) is 30.0 Å². The molecule has 1 aromatic carbocycles. The second kappa shape index (κ2) is 10.4. The molecule has 10 heteroatoms. The van der Waals surface area contributed by atoms with E-state index < -0.39 is 0 Å². The van der Waals surface area contributed by atoms with Crippen molar-refractivity contribution >= 4 is 58.0 Å². The first kappa shape index (κ1) is 22.8. The predicted octanol–water partition coefficient (Wildman–Crippen LogP) is 4.99. The van der Waals surface area contributed by atoms with E-state index in [0.717, 1.165) is 17.1 Å². The van der Waals surface area contributed by atoms with Crippen molar-refractivity contribution in [2.75, 3.05) is 12.3 Å². The third kappa shape index (κ3) is 5.85. The Labute approximate surface area is 193 Å². The second-order valence-electron chi connectivity index (χ2n) is 6.57. The van der Waals surface area contributed by atoms with E-state index in [9.17, 15) is 9.59 Å². The Morgan fingerprint density at radius 3 is 2.67 bits per heavy atom. The normalized spacial score (nSPS) is 10.9. The van der Waals surface area contributed by atoms with Crippen LogP contribution in [0.4, 0.5) is 0 Å². The molecule has 0 unspecified atom stereocenters. The van der Waals surface area contributed by atoms with Crippen molar-refractivity contribution in [1.82, 2.24) is 20.1 Å². The monoisotopic (exact) mass is 482 g/mol. The van der Waals surface area contributed by atoms with Crippen LogP contribution in [0.5, 0.6) is 0 Å².